The molecule has 2 unspecified atom stereocenters. The average molecular weight is 311 g/mol. The molecule has 0 heterocycles. The number of rotatable bonds is 5. The molecule has 1 aliphatic rings. The molecular formula is C16H23ClN2O2. The third-order valence-electron chi connectivity index (χ3n) is 4.00. The van der Waals surface area contributed by atoms with Crippen LogP contribution in [-0.2, 0) is 4.79 Å². The van der Waals surface area contributed by atoms with E-state index in [9.17, 15) is 4.79 Å². The second kappa shape index (κ2) is 7.14. The lowest BCUT2D eigenvalue weighted by Crippen LogP contribution is -2.34. The molecule has 0 saturated heterocycles. The molecule has 0 aromatic heterocycles. The summed E-state index contributed by atoms with van der Waals surface area (Å²) in [5.74, 6) is 0.325. The van der Waals surface area contributed by atoms with Gasteiger partial charge in [-0.25, -0.2) is 0 Å². The molecule has 1 aromatic rings. The zero-order valence-electron chi connectivity index (χ0n) is 12.6. The first kappa shape index (κ1) is 16.1. The van der Waals surface area contributed by atoms with Crippen LogP contribution in [0.15, 0.2) is 18.2 Å². The van der Waals surface area contributed by atoms with Crippen LogP contribution in [0.1, 0.15) is 39.5 Å². The van der Waals surface area contributed by atoms with Crippen molar-refractivity contribution < 1.29 is 9.53 Å². The molecule has 2 rings (SSSR count). The van der Waals surface area contributed by atoms with Gasteiger partial charge in [-0.3, -0.25) is 4.79 Å². The Hall–Kier alpha value is -1.26. The first-order valence-corrected chi connectivity index (χ1v) is 7.88. The van der Waals surface area contributed by atoms with Crippen LogP contribution in [0, 0.1) is 5.92 Å². The molecular weight excluding hydrogens is 288 g/mol. The van der Waals surface area contributed by atoms with Crippen molar-refractivity contribution in [2.75, 3.05) is 5.32 Å². The van der Waals surface area contributed by atoms with Crippen molar-refractivity contribution in [1.29, 1.82) is 0 Å². The smallest absolute Gasteiger partial charge is 0.228 e. The summed E-state index contributed by atoms with van der Waals surface area (Å²) < 4.78 is 5.89. The molecule has 1 aromatic carbocycles. The zero-order chi connectivity index (χ0) is 15.4. The highest BCUT2D eigenvalue weighted by Gasteiger charge is 2.19. The van der Waals surface area contributed by atoms with Crippen molar-refractivity contribution in [2.24, 2.45) is 11.7 Å². The Morgan fingerprint density at radius 1 is 1.38 bits per heavy atom. The first-order chi connectivity index (χ1) is 9.97. The predicted molar refractivity (Wildman–Crippen MR) is 85.8 cm³/mol. The Balaban J connectivity index is 1.99. The maximum Gasteiger partial charge on any atom is 0.228 e. The van der Waals surface area contributed by atoms with Gasteiger partial charge in [0.1, 0.15) is 5.75 Å². The van der Waals surface area contributed by atoms with Crippen LogP contribution in [0.2, 0.25) is 5.02 Å². The summed E-state index contributed by atoms with van der Waals surface area (Å²) in [6, 6.07) is 5.15. The lowest BCUT2D eigenvalue weighted by atomic mass is 10.0. The van der Waals surface area contributed by atoms with Crippen molar-refractivity contribution in [1.82, 2.24) is 0 Å². The lowest BCUT2D eigenvalue weighted by molar-refractivity contribution is -0.119. The summed E-state index contributed by atoms with van der Waals surface area (Å²) in [6.07, 6.45) is 4.86. The molecule has 0 radical (unpaired) electrons. The Labute approximate surface area is 131 Å². The highest BCUT2D eigenvalue weighted by Crippen LogP contribution is 2.31. The molecule has 2 atom stereocenters. The third-order valence-corrected chi connectivity index (χ3v) is 4.29. The van der Waals surface area contributed by atoms with Crippen LogP contribution in [-0.4, -0.2) is 18.1 Å². The molecule has 1 fully saturated rings. The number of halogens is 1. The van der Waals surface area contributed by atoms with Gasteiger partial charge >= 0.3 is 0 Å². The van der Waals surface area contributed by atoms with Crippen LogP contribution in [0.5, 0.6) is 5.75 Å². The van der Waals surface area contributed by atoms with Gasteiger partial charge in [0.15, 0.2) is 0 Å². The van der Waals surface area contributed by atoms with Gasteiger partial charge in [-0.05, 0) is 50.8 Å². The van der Waals surface area contributed by atoms with E-state index in [4.69, 9.17) is 22.1 Å². The summed E-state index contributed by atoms with van der Waals surface area (Å²) in [6.45, 7) is 3.62. The molecule has 4 nitrogen and oxygen atoms in total. The van der Waals surface area contributed by atoms with Gasteiger partial charge in [-0.1, -0.05) is 18.5 Å². The summed E-state index contributed by atoms with van der Waals surface area (Å²) in [5.41, 5.74) is 6.39. The van der Waals surface area contributed by atoms with Crippen LogP contribution in [0.25, 0.3) is 0 Å². The van der Waals surface area contributed by atoms with E-state index < -0.39 is 0 Å². The highest BCUT2D eigenvalue weighted by atomic mass is 35.5. The number of benzene rings is 1. The summed E-state index contributed by atoms with van der Waals surface area (Å²) in [4.78, 5) is 12.0. The van der Waals surface area contributed by atoms with Gasteiger partial charge in [0.2, 0.25) is 5.91 Å². The van der Waals surface area contributed by atoms with Crippen molar-refractivity contribution in [3.05, 3.63) is 23.2 Å². The SMILES string of the molecule is CC(N)C(C)C(=O)Nc1ccc(OC2CCCC2)c(Cl)c1. The topological polar surface area (TPSA) is 64.4 Å². The third kappa shape index (κ3) is 4.35. The number of nitrogens with one attached hydrogen (secondary N) is 1. The normalized spacial score (nSPS) is 18.3. The van der Waals surface area contributed by atoms with Crippen LogP contribution in [0.4, 0.5) is 5.69 Å². The molecule has 1 amide bonds. The van der Waals surface area contributed by atoms with Gasteiger partial charge in [0.05, 0.1) is 17.0 Å². The minimum Gasteiger partial charge on any atom is -0.489 e. The predicted octanol–water partition coefficient (Wildman–Crippen LogP) is 3.58. The number of carbonyl (C=O) groups excluding carboxylic acids is 1. The van der Waals surface area contributed by atoms with Crippen molar-refractivity contribution in [3.63, 3.8) is 0 Å². The molecule has 5 heteroatoms. The number of carbonyl (C=O) groups is 1. The van der Waals surface area contributed by atoms with Crippen LogP contribution >= 0.6 is 11.6 Å². The Bertz CT molecular complexity index is 499. The fraction of sp³-hybridized carbons (Fsp3) is 0.562. The molecule has 1 aliphatic carbocycles. The van der Waals surface area contributed by atoms with E-state index in [1.807, 2.05) is 19.1 Å². The van der Waals surface area contributed by atoms with Gasteiger partial charge in [-0.15, -0.1) is 0 Å². The number of nitrogens with two attached hydrogens (primary N) is 1. The van der Waals surface area contributed by atoms with E-state index in [0.717, 1.165) is 12.8 Å². The highest BCUT2D eigenvalue weighted by molar-refractivity contribution is 6.32. The standard InChI is InChI=1S/C16H23ClN2O2/c1-10(11(2)18)16(20)19-12-7-8-15(14(17)9-12)21-13-5-3-4-6-13/h7-11,13H,3-6,18H2,1-2H3,(H,19,20). The Kier molecular flexibility index (Phi) is 5.48. The first-order valence-electron chi connectivity index (χ1n) is 7.50. The maximum atomic E-state index is 12.0. The summed E-state index contributed by atoms with van der Waals surface area (Å²) in [7, 11) is 0. The summed E-state index contributed by atoms with van der Waals surface area (Å²) >= 11 is 6.23. The fourth-order valence-electron chi connectivity index (χ4n) is 2.35. The molecule has 116 valence electrons. The lowest BCUT2D eigenvalue weighted by Gasteiger charge is -2.17. The number of ether oxygens (including phenoxy) is 1. The number of amides is 1. The second-order valence-electron chi connectivity index (χ2n) is 5.81. The van der Waals surface area contributed by atoms with Gasteiger partial charge in [0, 0.05) is 11.7 Å². The minimum absolute atomic E-state index is 0.106. The minimum atomic E-state index is -0.252. The Morgan fingerprint density at radius 3 is 2.62 bits per heavy atom. The van der Waals surface area contributed by atoms with E-state index in [1.54, 1.807) is 13.0 Å². The fourth-order valence-corrected chi connectivity index (χ4v) is 2.58. The van der Waals surface area contributed by atoms with E-state index in [1.165, 1.54) is 12.8 Å². The van der Waals surface area contributed by atoms with Crippen molar-refractivity contribution in [3.8, 4) is 5.75 Å². The zero-order valence-corrected chi connectivity index (χ0v) is 13.3. The largest absolute Gasteiger partial charge is 0.489 e. The second-order valence-corrected chi connectivity index (χ2v) is 6.21. The monoisotopic (exact) mass is 310 g/mol. The maximum absolute atomic E-state index is 12.0. The molecule has 0 spiro atoms. The van der Waals surface area contributed by atoms with E-state index in [2.05, 4.69) is 5.32 Å². The van der Waals surface area contributed by atoms with Gasteiger partial charge in [0.25, 0.3) is 0 Å². The number of hydrogen-bond acceptors (Lipinski definition) is 3. The van der Waals surface area contributed by atoms with Gasteiger partial charge < -0.3 is 15.8 Å². The van der Waals surface area contributed by atoms with E-state index in [-0.39, 0.29) is 24.0 Å². The van der Waals surface area contributed by atoms with Crippen molar-refractivity contribution in [2.45, 2.75) is 51.7 Å². The number of anilines is 1. The summed E-state index contributed by atoms with van der Waals surface area (Å²) in [5, 5.41) is 3.35. The van der Waals surface area contributed by atoms with E-state index in [0.29, 0.717) is 16.5 Å². The molecule has 0 bridgehead atoms. The molecule has 1 saturated carbocycles. The Morgan fingerprint density at radius 2 is 2.05 bits per heavy atom. The van der Waals surface area contributed by atoms with Gasteiger partial charge in [-0.2, -0.15) is 0 Å². The molecule has 0 aliphatic heterocycles. The van der Waals surface area contributed by atoms with Crippen LogP contribution < -0.4 is 15.8 Å². The average Bonchev–Trinajstić information content (AvgIpc) is 2.93. The van der Waals surface area contributed by atoms with Crippen molar-refractivity contribution >= 4 is 23.2 Å². The molecule has 3 N–H and O–H groups in total. The van der Waals surface area contributed by atoms with E-state index >= 15 is 0 Å². The number of hydrogen-bond donors (Lipinski definition) is 2. The molecule has 21 heavy (non-hydrogen) atoms. The quantitative estimate of drug-likeness (QED) is 0.873. The van der Waals surface area contributed by atoms with Crippen LogP contribution in [0.3, 0.4) is 0 Å².